The van der Waals surface area contributed by atoms with Crippen molar-refractivity contribution in [2.45, 2.75) is 25.3 Å². The molecule has 2 unspecified atom stereocenters. The summed E-state index contributed by atoms with van der Waals surface area (Å²) in [7, 11) is 0. The van der Waals surface area contributed by atoms with Crippen molar-refractivity contribution >= 4 is 47.0 Å². The minimum absolute atomic E-state index is 0.0216. The van der Waals surface area contributed by atoms with E-state index in [0.717, 1.165) is 23.5 Å². The van der Waals surface area contributed by atoms with Crippen LogP contribution in [0, 0.1) is 17.2 Å². The highest BCUT2D eigenvalue weighted by atomic mass is 35.5. The second-order valence-corrected chi connectivity index (χ2v) is 12.3. The van der Waals surface area contributed by atoms with Crippen LogP contribution in [-0.2, 0) is 19.1 Å². The van der Waals surface area contributed by atoms with Crippen LogP contribution in [0.3, 0.4) is 0 Å². The van der Waals surface area contributed by atoms with E-state index in [1.807, 2.05) is 48.5 Å². The second kappa shape index (κ2) is 19.2. The number of ether oxygens (including phenoxy) is 4. The van der Waals surface area contributed by atoms with Gasteiger partial charge in [-0.1, -0.05) is 36.4 Å². The van der Waals surface area contributed by atoms with E-state index in [1.54, 1.807) is 17.0 Å². The molecule has 3 aliphatic rings. The number of nitrogens with two attached hydrogens (primary N) is 1. The van der Waals surface area contributed by atoms with E-state index in [9.17, 15) is 29.1 Å². The number of carboxylic acid groups (broad SMARTS) is 1. The van der Waals surface area contributed by atoms with Crippen LogP contribution in [0.2, 0.25) is 0 Å². The number of urea groups is 1. The van der Waals surface area contributed by atoms with Gasteiger partial charge in [-0.25, -0.2) is 24.1 Å². The largest absolute Gasteiger partial charge is 0.490 e. The number of benzene rings is 2. The van der Waals surface area contributed by atoms with Gasteiger partial charge in [0.25, 0.3) is 0 Å². The van der Waals surface area contributed by atoms with Gasteiger partial charge in [0.1, 0.15) is 37.9 Å². The number of para-hydroxylation sites is 2. The molecule has 3 heterocycles. The normalized spacial score (nSPS) is 19.9. The van der Waals surface area contributed by atoms with Gasteiger partial charge in [-0.05, 0) is 49.4 Å². The van der Waals surface area contributed by atoms with Crippen molar-refractivity contribution in [3.63, 3.8) is 0 Å². The van der Waals surface area contributed by atoms with Crippen molar-refractivity contribution in [2.24, 2.45) is 17.6 Å². The number of piperazine rings is 1. The Hall–Kier alpha value is -5.25. The number of halogens is 1. The number of guanidine groups is 1. The van der Waals surface area contributed by atoms with E-state index >= 15 is 0 Å². The number of likely N-dealkylation sites (tertiary alicyclic amines) is 2. The van der Waals surface area contributed by atoms with E-state index in [4.69, 9.17) is 37.0 Å². The van der Waals surface area contributed by atoms with Crippen molar-refractivity contribution in [1.82, 2.24) is 19.6 Å². The number of aliphatic carboxylic acids is 1. The van der Waals surface area contributed by atoms with Crippen LogP contribution in [-0.4, -0.2) is 132 Å². The molecule has 17 heteroatoms. The number of amides is 4. The molecule has 4 N–H and O–H groups in total. The highest BCUT2D eigenvalue weighted by molar-refractivity contribution is 6.61. The molecule has 51 heavy (non-hydrogen) atoms. The van der Waals surface area contributed by atoms with Crippen molar-refractivity contribution in [3.05, 3.63) is 60.7 Å². The Kier molecular flexibility index (Phi) is 14.5. The summed E-state index contributed by atoms with van der Waals surface area (Å²) in [6.45, 7) is 2.63. The van der Waals surface area contributed by atoms with Gasteiger partial charge in [0.15, 0.2) is 12.0 Å². The number of imide groups is 1. The summed E-state index contributed by atoms with van der Waals surface area (Å²) in [6.07, 6.45) is 1.42. The molecule has 4 amide bonds. The first-order valence-corrected chi connectivity index (χ1v) is 17.0. The SMILES string of the molecule is N=C(N)N1CCCC(C[C@H]2C(=O)N(C(=O)N3CCN(C(=O)OCCOc4ccccc4)CC3)C2C(=O)O)C1.O=C(Cl)OCCOc1ccccc1. The number of carbonyl (C=O) groups excluding carboxylic acids is 4. The molecule has 5 rings (SSSR count). The van der Waals surface area contributed by atoms with Crippen LogP contribution in [0.15, 0.2) is 60.7 Å². The van der Waals surface area contributed by atoms with Gasteiger partial charge in [-0.15, -0.1) is 0 Å². The molecule has 16 nitrogen and oxygen atoms in total. The number of hydrogen-bond donors (Lipinski definition) is 3. The first kappa shape index (κ1) is 38.6. The van der Waals surface area contributed by atoms with Gasteiger partial charge in [-0.3, -0.25) is 10.2 Å². The van der Waals surface area contributed by atoms with Crippen LogP contribution >= 0.6 is 11.6 Å². The predicted octanol–water partition coefficient (Wildman–Crippen LogP) is 3.29. The van der Waals surface area contributed by atoms with Gasteiger partial charge in [-0.2, -0.15) is 0 Å². The number of carbonyl (C=O) groups is 5. The van der Waals surface area contributed by atoms with Gasteiger partial charge >= 0.3 is 23.5 Å². The molecule has 0 bridgehead atoms. The molecule has 0 aromatic heterocycles. The Morgan fingerprint density at radius 3 is 1.88 bits per heavy atom. The Morgan fingerprint density at radius 1 is 0.804 bits per heavy atom. The smallest absolute Gasteiger partial charge is 0.410 e. The number of rotatable bonds is 11. The molecule has 3 atom stereocenters. The van der Waals surface area contributed by atoms with E-state index < -0.39 is 41.4 Å². The van der Waals surface area contributed by atoms with Crippen LogP contribution in [0.5, 0.6) is 11.5 Å². The fourth-order valence-electron chi connectivity index (χ4n) is 6.04. The molecule has 276 valence electrons. The van der Waals surface area contributed by atoms with Crippen LogP contribution < -0.4 is 15.2 Å². The standard InChI is InChI=1S/C25H34N6O7.C9H9ClO3/c26-23(27)30-8-4-5-17(16-30)15-19-20(22(33)34)31(21(19)32)24(35)28-9-11-29(12-10-28)25(36)38-14-13-37-18-6-2-1-3-7-18;10-9(11)13-7-6-12-8-4-2-1-3-5-8/h1-3,6-7,17,19-20H,4-5,8-16H2,(H3,26,27)(H,33,34);1-5H,6-7H2/t17?,19-,20?;/m1./s1. The number of β-lactam (4-membered cyclic amide) rings is 1. The molecule has 0 aliphatic carbocycles. The average molecular weight is 731 g/mol. The molecule has 3 aliphatic heterocycles. The molecule has 3 fully saturated rings. The van der Waals surface area contributed by atoms with Crippen molar-refractivity contribution in [2.75, 3.05) is 65.7 Å². The third kappa shape index (κ3) is 11.4. The van der Waals surface area contributed by atoms with Crippen molar-refractivity contribution in [1.29, 1.82) is 5.41 Å². The highest BCUT2D eigenvalue weighted by Gasteiger charge is 2.56. The van der Waals surface area contributed by atoms with Gasteiger partial charge in [0, 0.05) is 50.9 Å². The van der Waals surface area contributed by atoms with Gasteiger partial charge in [0.2, 0.25) is 5.91 Å². The lowest BCUT2D eigenvalue weighted by Crippen LogP contribution is -2.70. The quantitative estimate of drug-likeness (QED) is 0.100. The summed E-state index contributed by atoms with van der Waals surface area (Å²) in [5.74, 6) is -1.10. The van der Waals surface area contributed by atoms with E-state index in [-0.39, 0.29) is 57.9 Å². The summed E-state index contributed by atoms with van der Waals surface area (Å²) >= 11 is 4.94. The second-order valence-electron chi connectivity index (χ2n) is 12.0. The maximum absolute atomic E-state index is 13.1. The van der Waals surface area contributed by atoms with Gasteiger partial charge < -0.3 is 44.5 Å². The summed E-state index contributed by atoms with van der Waals surface area (Å²) < 4.78 is 20.4. The lowest BCUT2D eigenvalue weighted by Gasteiger charge is -2.47. The maximum Gasteiger partial charge on any atom is 0.410 e. The van der Waals surface area contributed by atoms with Gasteiger partial charge in [0.05, 0.1) is 5.92 Å². The van der Waals surface area contributed by atoms with E-state index in [0.29, 0.717) is 31.9 Å². The number of nitrogens with one attached hydrogen (secondary N) is 1. The lowest BCUT2D eigenvalue weighted by molar-refractivity contribution is -0.167. The van der Waals surface area contributed by atoms with Crippen LogP contribution in [0.25, 0.3) is 0 Å². The van der Waals surface area contributed by atoms with Crippen LogP contribution in [0.4, 0.5) is 14.4 Å². The Balaban J connectivity index is 0.000000378. The Bertz CT molecular complexity index is 1490. The molecular formula is C34H43ClN6O10. The fourth-order valence-corrected chi connectivity index (χ4v) is 6.11. The fraction of sp³-hybridized carbons (Fsp3) is 0.471. The minimum atomic E-state index is -1.23. The first-order valence-electron chi connectivity index (χ1n) is 16.6. The number of hydrogen-bond acceptors (Lipinski definition) is 10. The predicted molar refractivity (Wildman–Crippen MR) is 184 cm³/mol. The first-order chi connectivity index (χ1) is 24.5. The zero-order valence-corrected chi connectivity index (χ0v) is 28.8. The average Bonchev–Trinajstić information content (AvgIpc) is 3.13. The molecule has 0 radical (unpaired) electrons. The van der Waals surface area contributed by atoms with Crippen molar-refractivity contribution in [3.8, 4) is 11.5 Å². The zero-order chi connectivity index (χ0) is 36.8. The third-order valence-corrected chi connectivity index (χ3v) is 8.67. The van der Waals surface area contributed by atoms with Crippen molar-refractivity contribution < 1.29 is 48.0 Å². The summed E-state index contributed by atoms with van der Waals surface area (Å²) in [5.41, 5.74) is 4.78. The molecule has 0 spiro atoms. The lowest BCUT2D eigenvalue weighted by atomic mass is 9.78. The molecule has 2 aromatic carbocycles. The monoisotopic (exact) mass is 730 g/mol. The summed E-state index contributed by atoms with van der Waals surface area (Å²) in [4.78, 5) is 65.9. The third-order valence-electron chi connectivity index (χ3n) is 8.56. The Morgan fingerprint density at radius 2 is 1.35 bits per heavy atom. The number of nitrogens with zero attached hydrogens (tertiary/aromatic N) is 4. The summed E-state index contributed by atoms with van der Waals surface area (Å²) in [5, 5.41) is 17.4. The molecule has 0 saturated carbocycles. The summed E-state index contributed by atoms with van der Waals surface area (Å²) in [6, 6.07) is 16.5. The molecular weight excluding hydrogens is 688 g/mol. The highest BCUT2D eigenvalue weighted by Crippen LogP contribution is 2.36. The molecule has 3 saturated heterocycles. The minimum Gasteiger partial charge on any atom is -0.490 e. The Labute approximate surface area is 300 Å². The molecule has 2 aromatic rings. The van der Waals surface area contributed by atoms with E-state index in [1.165, 1.54) is 9.80 Å². The number of piperidine rings is 1. The van der Waals surface area contributed by atoms with E-state index in [2.05, 4.69) is 4.74 Å². The number of carboxylic acids is 1. The maximum atomic E-state index is 13.1. The van der Waals surface area contributed by atoms with Crippen LogP contribution in [0.1, 0.15) is 19.3 Å². The zero-order valence-electron chi connectivity index (χ0n) is 28.1. The topological polar surface area (TPSA) is 205 Å².